The quantitative estimate of drug-likeness (QED) is 0.792. The van der Waals surface area contributed by atoms with Crippen molar-refractivity contribution in [3.05, 3.63) is 47.4 Å². The number of rotatable bonds is 6. The van der Waals surface area contributed by atoms with Gasteiger partial charge in [0.15, 0.2) is 5.82 Å². The van der Waals surface area contributed by atoms with Gasteiger partial charge in [0.1, 0.15) is 18.4 Å². The highest BCUT2D eigenvalue weighted by Crippen LogP contribution is 2.27. The maximum absolute atomic E-state index is 13.4. The Bertz CT molecular complexity index is 725. The summed E-state index contributed by atoms with van der Waals surface area (Å²) in [4.78, 5) is 21.5. The van der Waals surface area contributed by atoms with Crippen LogP contribution >= 0.6 is 0 Å². The number of nitrogens with zero attached hydrogens (tertiary/aromatic N) is 4. The van der Waals surface area contributed by atoms with Gasteiger partial charge in [-0.25, -0.2) is 4.39 Å². The van der Waals surface area contributed by atoms with Gasteiger partial charge in [0.05, 0.1) is 0 Å². The minimum atomic E-state index is -0.417. The number of benzene rings is 1. The van der Waals surface area contributed by atoms with E-state index in [1.54, 1.807) is 24.0 Å². The van der Waals surface area contributed by atoms with Gasteiger partial charge in [-0.1, -0.05) is 23.7 Å². The third kappa shape index (κ3) is 4.27. The zero-order chi connectivity index (χ0) is 18.5. The van der Waals surface area contributed by atoms with Crippen molar-refractivity contribution in [1.29, 1.82) is 0 Å². The van der Waals surface area contributed by atoms with E-state index in [0.29, 0.717) is 18.3 Å². The number of halogens is 1. The van der Waals surface area contributed by atoms with Gasteiger partial charge in [-0.2, -0.15) is 4.98 Å². The molecular formula is C19H25FN4O2. The molecule has 6 nitrogen and oxygen atoms in total. The van der Waals surface area contributed by atoms with Crippen LogP contribution in [0.5, 0.6) is 0 Å². The average molecular weight is 360 g/mol. The van der Waals surface area contributed by atoms with E-state index in [2.05, 4.69) is 15.0 Å². The molecule has 1 aliphatic heterocycles. The normalized spacial score (nSPS) is 16.4. The smallest absolute Gasteiger partial charge is 0.246 e. The minimum absolute atomic E-state index is 0.0168. The molecule has 3 rings (SSSR count). The van der Waals surface area contributed by atoms with E-state index in [-0.39, 0.29) is 18.3 Å². The summed E-state index contributed by atoms with van der Waals surface area (Å²) in [6, 6.07) is 5.82. The van der Waals surface area contributed by atoms with E-state index in [1.807, 2.05) is 6.92 Å². The molecule has 0 saturated carbocycles. The van der Waals surface area contributed by atoms with Crippen LogP contribution < -0.4 is 0 Å². The highest BCUT2D eigenvalue weighted by Gasteiger charge is 2.32. The van der Waals surface area contributed by atoms with Crippen molar-refractivity contribution < 1.29 is 13.7 Å². The van der Waals surface area contributed by atoms with Crippen LogP contribution in [-0.2, 0) is 11.3 Å². The zero-order valence-electron chi connectivity index (χ0n) is 15.3. The number of amides is 1. The fraction of sp³-hybridized carbons (Fsp3) is 0.526. The first-order valence-corrected chi connectivity index (χ1v) is 9.16. The van der Waals surface area contributed by atoms with Crippen LogP contribution in [0.15, 0.2) is 28.8 Å². The molecule has 0 unspecified atom stereocenters. The predicted molar refractivity (Wildman–Crippen MR) is 94.7 cm³/mol. The second-order valence-corrected chi connectivity index (χ2v) is 6.64. The predicted octanol–water partition coefficient (Wildman–Crippen LogP) is 3.09. The topological polar surface area (TPSA) is 62.5 Å². The van der Waals surface area contributed by atoms with Crippen LogP contribution in [0, 0.1) is 12.7 Å². The molecule has 1 aromatic carbocycles. The molecular weight excluding hydrogens is 335 g/mol. The summed E-state index contributed by atoms with van der Waals surface area (Å²) in [7, 11) is 0. The highest BCUT2D eigenvalue weighted by molar-refractivity contribution is 5.83. The number of likely N-dealkylation sites (tertiary alicyclic amines) is 1. The van der Waals surface area contributed by atoms with Crippen LogP contribution in [0.4, 0.5) is 4.39 Å². The third-order valence-corrected chi connectivity index (χ3v) is 4.76. The van der Waals surface area contributed by atoms with Crippen LogP contribution in [0.1, 0.15) is 49.5 Å². The second kappa shape index (κ2) is 8.40. The van der Waals surface area contributed by atoms with Crippen molar-refractivity contribution in [3.63, 3.8) is 0 Å². The summed E-state index contributed by atoms with van der Waals surface area (Å²) in [6.07, 6.45) is 3.32. The Labute approximate surface area is 153 Å². The number of hydrogen-bond donors (Lipinski definition) is 0. The summed E-state index contributed by atoms with van der Waals surface area (Å²) in [5.74, 6) is 0.660. The van der Waals surface area contributed by atoms with Gasteiger partial charge in [-0.15, -0.1) is 0 Å². The molecule has 0 spiro atoms. The summed E-state index contributed by atoms with van der Waals surface area (Å²) in [6.45, 7) is 6.22. The Hall–Kier alpha value is -2.28. The van der Waals surface area contributed by atoms with E-state index >= 15 is 0 Å². The molecule has 1 atom stereocenters. The standard InChI is InChI=1S/C19H25FN4O2/c1-3-23(13-17-21-14(2)22-26-17)19(25)18(24-11-5-4-6-12-24)15-7-9-16(20)10-8-15/h7-10,18H,3-6,11-13H2,1-2H3/t18-/m1/s1. The van der Waals surface area contributed by atoms with Gasteiger partial charge in [-0.05, 0) is 57.5 Å². The van der Waals surface area contributed by atoms with Crippen molar-refractivity contribution in [2.24, 2.45) is 0 Å². The lowest BCUT2D eigenvalue weighted by Gasteiger charge is -2.36. The molecule has 1 aromatic heterocycles. The van der Waals surface area contributed by atoms with Gasteiger partial charge in [-0.3, -0.25) is 9.69 Å². The number of likely N-dealkylation sites (N-methyl/N-ethyl adjacent to an activating group) is 1. The molecule has 140 valence electrons. The second-order valence-electron chi connectivity index (χ2n) is 6.64. The molecule has 0 N–H and O–H groups in total. The Kier molecular flexibility index (Phi) is 5.98. The average Bonchev–Trinajstić information content (AvgIpc) is 3.07. The van der Waals surface area contributed by atoms with Crippen LogP contribution in [-0.4, -0.2) is 45.5 Å². The maximum Gasteiger partial charge on any atom is 0.246 e. The van der Waals surface area contributed by atoms with Crippen molar-refractivity contribution in [2.75, 3.05) is 19.6 Å². The fourth-order valence-corrected chi connectivity index (χ4v) is 3.42. The monoisotopic (exact) mass is 360 g/mol. The van der Waals surface area contributed by atoms with Gasteiger partial charge in [0.25, 0.3) is 0 Å². The molecule has 2 heterocycles. The molecule has 1 amide bonds. The van der Waals surface area contributed by atoms with Crippen molar-refractivity contribution in [3.8, 4) is 0 Å². The number of carbonyl (C=O) groups excluding carboxylic acids is 1. The Morgan fingerprint density at radius 3 is 2.54 bits per heavy atom. The summed E-state index contributed by atoms with van der Waals surface area (Å²) in [5.41, 5.74) is 0.818. The molecule has 2 aromatic rings. The SMILES string of the molecule is CCN(Cc1nc(C)no1)C(=O)[C@@H](c1ccc(F)cc1)N1CCCCC1. The highest BCUT2D eigenvalue weighted by atomic mass is 19.1. The van der Waals surface area contributed by atoms with Crippen molar-refractivity contribution in [2.45, 2.75) is 45.7 Å². The summed E-state index contributed by atoms with van der Waals surface area (Å²) in [5, 5.41) is 3.79. The first-order chi connectivity index (χ1) is 12.6. The number of hydrogen-bond acceptors (Lipinski definition) is 5. The van der Waals surface area contributed by atoms with Crippen LogP contribution in [0.3, 0.4) is 0 Å². The Balaban J connectivity index is 1.85. The lowest BCUT2D eigenvalue weighted by atomic mass is 10.00. The van der Waals surface area contributed by atoms with Gasteiger partial charge in [0, 0.05) is 6.54 Å². The van der Waals surface area contributed by atoms with E-state index in [1.165, 1.54) is 18.6 Å². The lowest BCUT2D eigenvalue weighted by Crippen LogP contribution is -2.44. The lowest BCUT2D eigenvalue weighted by molar-refractivity contribution is -0.138. The van der Waals surface area contributed by atoms with Crippen molar-refractivity contribution >= 4 is 5.91 Å². The first-order valence-electron chi connectivity index (χ1n) is 9.16. The van der Waals surface area contributed by atoms with E-state index in [0.717, 1.165) is 31.5 Å². The Morgan fingerprint density at radius 2 is 1.96 bits per heavy atom. The first kappa shape index (κ1) is 18.5. The molecule has 0 radical (unpaired) electrons. The molecule has 1 fully saturated rings. The molecule has 0 bridgehead atoms. The third-order valence-electron chi connectivity index (χ3n) is 4.76. The van der Waals surface area contributed by atoms with E-state index in [9.17, 15) is 9.18 Å². The minimum Gasteiger partial charge on any atom is -0.337 e. The molecule has 7 heteroatoms. The van der Waals surface area contributed by atoms with Crippen LogP contribution in [0.2, 0.25) is 0 Å². The fourth-order valence-electron chi connectivity index (χ4n) is 3.42. The van der Waals surface area contributed by atoms with Gasteiger partial charge >= 0.3 is 0 Å². The summed E-state index contributed by atoms with van der Waals surface area (Å²) >= 11 is 0. The zero-order valence-corrected chi connectivity index (χ0v) is 15.3. The van der Waals surface area contributed by atoms with E-state index in [4.69, 9.17) is 4.52 Å². The van der Waals surface area contributed by atoms with Gasteiger partial charge in [0.2, 0.25) is 11.8 Å². The summed E-state index contributed by atoms with van der Waals surface area (Å²) < 4.78 is 18.5. The molecule has 1 saturated heterocycles. The largest absolute Gasteiger partial charge is 0.337 e. The molecule has 26 heavy (non-hydrogen) atoms. The van der Waals surface area contributed by atoms with Crippen LogP contribution in [0.25, 0.3) is 0 Å². The molecule has 1 aliphatic rings. The number of carbonyl (C=O) groups is 1. The number of piperidine rings is 1. The number of aryl methyl sites for hydroxylation is 1. The van der Waals surface area contributed by atoms with Crippen molar-refractivity contribution in [1.82, 2.24) is 19.9 Å². The van der Waals surface area contributed by atoms with E-state index < -0.39 is 6.04 Å². The number of aromatic nitrogens is 2. The van der Waals surface area contributed by atoms with Gasteiger partial charge < -0.3 is 9.42 Å². The maximum atomic E-state index is 13.4. The molecule has 0 aliphatic carbocycles. The Morgan fingerprint density at radius 1 is 1.27 bits per heavy atom.